The molecular weight excluding hydrogens is 871 g/mol. The van der Waals surface area contributed by atoms with Crippen LogP contribution < -0.4 is 20.1 Å². The van der Waals surface area contributed by atoms with Crippen LogP contribution in [-0.4, -0.2) is 74.5 Å². The minimum absolute atomic E-state index is 0.217. The molecule has 0 aliphatic carbocycles. The summed E-state index contributed by atoms with van der Waals surface area (Å²) in [4.78, 5) is 35.4. The summed E-state index contributed by atoms with van der Waals surface area (Å²) in [5.74, 6) is 1.03. The molecule has 3 aromatic heterocycles. The lowest BCUT2D eigenvalue weighted by Gasteiger charge is -2.16. The van der Waals surface area contributed by atoms with Crippen LogP contribution in [0.3, 0.4) is 0 Å². The molecule has 0 radical (unpaired) electrons. The van der Waals surface area contributed by atoms with Crippen LogP contribution in [-0.2, 0) is 29.4 Å². The van der Waals surface area contributed by atoms with E-state index in [4.69, 9.17) is 19.2 Å². The number of aromatic nitrogens is 6. The fraction of sp³-hybridized carbons (Fsp3) is 0.283. The summed E-state index contributed by atoms with van der Waals surface area (Å²) >= 11 is 0. The van der Waals surface area contributed by atoms with Gasteiger partial charge in [-0.25, -0.2) is 9.98 Å². The van der Waals surface area contributed by atoms with Crippen LogP contribution in [0.25, 0.3) is 17.0 Å². The summed E-state index contributed by atoms with van der Waals surface area (Å²) in [6, 6.07) is 36.3. The van der Waals surface area contributed by atoms with E-state index < -0.39 is 8.07 Å². The number of hydrogen-bond donors (Lipinski definition) is 2. The Balaban J connectivity index is 0.000000207. The standard InChI is InChI=1S/C29H37N5O3Si.C24H24N4O2/c1-5-15-37-27-14-10-9-13-25(27)32-29(35)28-31-26(21-33(28)22-36-16-17-38(2,3)4)24-18-30-34(20-24)19-23-11-7-6-8-12-23;1-2-14-30-23-11-7-6-10-21(23)27-24(29)22-13-12-20(26-22)19-15-25-28(17-19)16-18-8-4-3-5-9-18/h6-14,18,20-21H,5,15-17,19,22H2,1-4H3,(H,32,35);3-12,15,17H,2,13-14,16H2,1H3,(H,27,29). The van der Waals surface area contributed by atoms with Crippen LogP contribution in [0.5, 0.6) is 11.5 Å². The molecule has 2 amide bonds. The molecule has 2 N–H and O–H groups in total. The molecule has 0 fully saturated rings. The average Bonchev–Trinajstić information content (AvgIpc) is 4.19. The van der Waals surface area contributed by atoms with Crippen molar-refractivity contribution >= 4 is 42.7 Å². The number of rotatable bonds is 21. The van der Waals surface area contributed by atoms with E-state index in [-0.39, 0.29) is 24.4 Å². The number of carbonyl (C=O) groups is 2. The SMILES string of the molecule is CCCOc1ccccc1NC(=O)C1=NC(c2cnn(Cc3ccccc3)c2)=CC1.CCCOc1ccccc1NC(=O)c1nc(-c2cnn(Cc3ccccc3)c2)cn1COCC[Si](C)(C)C. The molecule has 8 rings (SSSR count). The first-order valence-electron chi connectivity index (χ1n) is 23.2. The highest BCUT2D eigenvalue weighted by Gasteiger charge is 2.22. The highest BCUT2D eigenvalue weighted by Crippen LogP contribution is 2.28. The first-order chi connectivity index (χ1) is 33.0. The van der Waals surface area contributed by atoms with Gasteiger partial charge in [-0.15, -0.1) is 0 Å². The number of aliphatic imine (C=N–C) groups is 1. The van der Waals surface area contributed by atoms with Gasteiger partial charge in [0.25, 0.3) is 11.8 Å². The van der Waals surface area contributed by atoms with Gasteiger partial charge in [0.2, 0.25) is 5.82 Å². The predicted octanol–water partition coefficient (Wildman–Crippen LogP) is 10.7. The number of nitrogens with zero attached hydrogens (tertiary/aromatic N) is 7. The van der Waals surface area contributed by atoms with Crippen LogP contribution in [0.4, 0.5) is 11.4 Å². The highest BCUT2D eigenvalue weighted by molar-refractivity contribution is 6.76. The van der Waals surface area contributed by atoms with Gasteiger partial charge in [-0.3, -0.25) is 19.0 Å². The number of benzene rings is 4. The van der Waals surface area contributed by atoms with E-state index in [1.807, 2.05) is 133 Å². The second-order valence-electron chi connectivity index (χ2n) is 17.5. The van der Waals surface area contributed by atoms with Crippen LogP contribution in [0, 0.1) is 0 Å². The molecule has 352 valence electrons. The van der Waals surface area contributed by atoms with Gasteiger partial charge in [0.15, 0.2) is 0 Å². The zero-order valence-electron chi connectivity index (χ0n) is 39.6. The third-order valence-corrected chi connectivity index (χ3v) is 12.3. The summed E-state index contributed by atoms with van der Waals surface area (Å²) in [6.45, 7) is 14.5. The van der Waals surface area contributed by atoms with Crippen LogP contribution >= 0.6 is 0 Å². The Morgan fingerprint density at radius 1 is 0.647 bits per heavy atom. The summed E-state index contributed by atoms with van der Waals surface area (Å²) < 4.78 is 23.0. The molecular formula is C53H61N9O5Si. The van der Waals surface area contributed by atoms with Crippen LogP contribution in [0.2, 0.25) is 25.7 Å². The number of amides is 2. The average molecular weight is 932 g/mol. The van der Waals surface area contributed by atoms with Crippen molar-refractivity contribution < 1.29 is 23.8 Å². The fourth-order valence-corrected chi connectivity index (χ4v) is 7.78. The van der Waals surface area contributed by atoms with Gasteiger partial charge in [-0.05, 0) is 54.3 Å². The van der Waals surface area contributed by atoms with E-state index in [0.29, 0.717) is 73.6 Å². The quantitative estimate of drug-likeness (QED) is 0.0534. The molecule has 0 spiro atoms. The summed E-state index contributed by atoms with van der Waals surface area (Å²) in [6.07, 6.45) is 13.5. The van der Waals surface area contributed by atoms with Crippen LogP contribution in [0.15, 0.2) is 151 Å². The van der Waals surface area contributed by atoms with E-state index in [1.165, 1.54) is 5.56 Å². The molecule has 0 saturated heterocycles. The molecule has 0 unspecified atom stereocenters. The molecule has 0 saturated carbocycles. The number of hydrogen-bond acceptors (Lipinski definition) is 9. The van der Waals surface area contributed by atoms with Crippen molar-refractivity contribution in [1.29, 1.82) is 0 Å². The van der Waals surface area contributed by atoms with Crippen molar-refractivity contribution in [2.24, 2.45) is 4.99 Å². The van der Waals surface area contributed by atoms with Crippen molar-refractivity contribution in [2.75, 3.05) is 30.5 Å². The van der Waals surface area contributed by atoms with E-state index >= 15 is 0 Å². The third-order valence-electron chi connectivity index (χ3n) is 10.6. The second kappa shape index (κ2) is 23.9. The lowest BCUT2D eigenvalue weighted by molar-refractivity contribution is -0.110. The molecule has 1 aliphatic rings. The number of nitrogens with one attached hydrogen (secondary N) is 2. The van der Waals surface area contributed by atoms with Gasteiger partial charge in [0.05, 0.1) is 61.5 Å². The van der Waals surface area contributed by atoms with Crippen LogP contribution in [0.1, 0.15) is 60.4 Å². The number of anilines is 2. The van der Waals surface area contributed by atoms with Gasteiger partial charge >= 0.3 is 0 Å². The smallest absolute Gasteiger partial charge is 0.291 e. The molecule has 1 aliphatic heterocycles. The molecule has 0 atom stereocenters. The minimum atomic E-state index is -1.23. The fourth-order valence-electron chi connectivity index (χ4n) is 7.03. The normalized spacial score (nSPS) is 12.1. The zero-order chi connectivity index (χ0) is 47.7. The summed E-state index contributed by atoms with van der Waals surface area (Å²) in [7, 11) is -1.23. The van der Waals surface area contributed by atoms with Crippen molar-refractivity contribution in [3.63, 3.8) is 0 Å². The monoisotopic (exact) mass is 931 g/mol. The highest BCUT2D eigenvalue weighted by atomic mass is 28.3. The molecule has 4 aromatic carbocycles. The number of allylic oxidation sites excluding steroid dienone is 1. The Kier molecular flexibility index (Phi) is 17.1. The summed E-state index contributed by atoms with van der Waals surface area (Å²) in [5, 5.41) is 14.8. The Labute approximate surface area is 399 Å². The Morgan fingerprint density at radius 3 is 1.75 bits per heavy atom. The number of para-hydroxylation sites is 4. The van der Waals surface area contributed by atoms with E-state index in [2.05, 4.69) is 69.7 Å². The predicted molar refractivity (Wildman–Crippen MR) is 272 cm³/mol. The number of imidazole rings is 1. The molecule has 4 heterocycles. The Bertz CT molecular complexity index is 2790. The van der Waals surface area contributed by atoms with Gasteiger partial charge < -0.3 is 29.4 Å². The number of carbonyl (C=O) groups excluding carboxylic acids is 2. The van der Waals surface area contributed by atoms with Gasteiger partial charge in [-0.1, -0.05) is 124 Å². The van der Waals surface area contributed by atoms with E-state index in [9.17, 15) is 9.59 Å². The van der Waals surface area contributed by atoms with Crippen molar-refractivity contribution in [3.8, 4) is 22.8 Å². The Morgan fingerprint density at radius 2 is 1.18 bits per heavy atom. The molecule has 7 aromatic rings. The zero-order valence-corrected chi connectivity index (χ0v) is 40.6. The first-order valence-corrected chi connectivity index (χ1v) is 26.9. The van der Waals surface area contributed by atoms with Gasteiger partial charge in [-0.2, -0.15) is 10.2 Å². The topological polar surface area (TPSA) is 152 Å². The third kappa shape index (κ3) is 14.1. The Hall–Kier alpha value is -7.36. The lowest BCUT2D eigenvalue weighted by atomic mass is 10.2. The number of ether oxygens (including phenoxy) is 3. The van der Waals surface area contributed by atoms with E-state index in [1.54, 1.807) is 17.0 Å². The molecule has 0 bridgehead atoms. The van der Waals surface area contributed by atoms with Crippen molar-refractivity contribution in [2.45, 2.75) is 78.6 Å². The van der Waals surface area contributed by atoms with Crippen molar-refractivity contribution in [3.05, 3.63) is 169 Å². The van der Waals surface area contributed by atoms with Gasteiger partial charge in [0, 0.05) is 50.8 Å². The second-order valence-corrected chi connectivity index (χ2v) is 23.2. The van der Waals surface area contributed by atoms with Gasteiger partial charge in [0.1, 0.15) is 23.9 Å². The largest absolute Gasteiger partial charge is 0.491 e. The summed E-state index contributed by atoms with van der Waals surface area (Å²) in [5.41, 5.74) is 7.26. The molecule has 68 heavy (non-hydrogen) atoms. The van der Waals surface area contributed by atoms with E-state index in [0.717, 1.165) is 41.3 Å². The van der Waals surface area contributed by atoms with Crippen molar-refractivity contribution in [1.82, 2.24) is 29.1 Å². The first kappa shape index (κ1) is 48.6. The lowest BCUT2D eigenvalue weighted by Crippen LogP contribution is -2.23. The maximum absolute atomic E-state index is 13.4. The molecule has 15 heteroatoms. The molecule has 14 nitrogen and oxygen atoms in total. The minimum Gasteiger partial charge on any atom is -0.491 e. The maximum atomic E-state index is 13.4. The maximum Gasteiger partial charge on any atom is 0.291 e.